The molecule has 1 amide bonds. The van der Waals surface area contributed by atoms with Crippen molar-refractivity contribution in [1.29, 1.82) is 0 Å². The van der Waals surface area contributed by atoms with Crippen LogP contribution < -0.4 is 5.32 Å². The molecule has 1 heterocycles. The summed E-state index contributed by atoms with van der Waals surface area (Å²) >= 11 is 0. The maximum Gasteiger partial charge on any atom is 0.408 e. The maximum absolute atomic E-state index is 11.9. The Morgan fingerprint density at radius 1 is 1.30 bits per heavy atom. The van der Waals surface area contributed by atoms with E-state index >= 15 is 0 Å². The van der Waals surface area contributed by atoms with Crippen LogP contribution in [-0.4, -0.2) is 27.8 Å². The molecule has 1 aromatic heterocycles. The Bertz CT molecular complexity index is 722. The molecular formula is C17H20N2O4. The van der Waals surface area contributed by atoms with Crippen LogP contribution in [0.15, 0.2) is 36.5 Å². The number of aliphatic carboxylic acids is 1. The van der Waals surface area contributed by atoms with Crippen LogP contribution in [0.25, 0.3) is 10.9 Å². The molecule has 0 unspecified atom stereocenters. The molecule has 0 aliphatic heterocycles. The van der Waals surface area contributed by atoms with Crippen LogP contribution in [0.5, 0.6) is 0 Å². The van der Waals surface area contributed by atoms with Gasteiger partial charge in [0.2, 0.25) is 0 Å². The molecule has 122 valence electrons. The summed E-state index contributed by atoms with van der Waals surface area (Å²) in [7, 11) is 0. The Balaban J connectivity index is 2.25. The van der Waals surface area contributed by atoms with E-state index in [1.54, 1.807) is 45.2 Å². The van der Waals surface area contributed by atoms with Crippen LogP contribution in [0.2, 0.25) is 0 Å². The van der Waals surface area contributed by atoms with E-state index in [1.165, 1.54) is 0 Å². The van der Waals surface area contributed by atoms with Crippen LogP contribution in [-0.2, 0) is 9.53 Å². The summed E-state index contributed by atoms with van der Waals surface area (Å²) in [6.07, 6.45) is 0.816. The first-order valence-corrected chi connectivity index (χ1v) is 7.30. The van der Waals surface area contributed by atoms with Crippen molar-refractivity contribution in [2.24, 2.45) is 0 Å². The monoisotopic (exact) mass is 316 g/mol. The second-order valence-corrected chi connectivity index (χ2v) is 6.25. The highest BCUT2D eigenvalue weighted by Gasteiger charge is 2.22. The molecule has 2 aromatic rings. The third-order valence-corrected chi connectivity index (χ3v) is 3.10. The first kappa shape index (κ1) is 16.7. The number of rotatable bonds is 4. The lowest BCUT2D eigenvalue weighted by atomic mass is 10.0. The lowest BCUT2D eigenvalue weighted by Gasteiger charge is -2.23. The van der Waals surface area contributed by atoms with E-state index in [4.69, 9.17) is 9.84 Å². The first-order valence-electron chi connectivity index (χ1n) is 7.30. The predicted octanol–water partition coefficient (Wildman–Crippen LogP) is 3.28. The largest absolute Gasteiger partial charge is 0.481 e. The molecule has 0 saturated heterocycles. The van der Waals surface area contributed by atoms with Crippen molar-refractivity contribution in [3.05, 3.63) is 42.1 Å². The Morgan fingerprint density at radius 3 is 2.70 bits per heavy atom. The molecule has 0 spiro atoms. The van der Waals surface area contributed by atoms with E-state index in [-0.39, 0.29) is 6.42 Å². The average Bonchev–Trinajstić information content (AvgIpc) is 2.43. The molecule has 0 aliphatic rings. The number of carbonyl (C=O) groups is 2. The Labute approximate surface area is 134 Å². The van der Waals surface area contributed by atoms with Crippen LogP contribution in [0.4, 0.5) is 4.79 Å². The topological polar surface area (TPSA) is 88.5 Å². The van der Waals surface area contributed by atoms with Crippen molar-refractivity contribution in [2.75, 3.05) is 0 Å². The zero-order chi connectivity index (χ0) is 17.0. The van der Waals surface area contributed by atoms with Gasteiger partial charge in [0.15, 0.2) is 0 Å². The lowest BCUT2D eigenvalue weighted by Crippen LogP contribution is -2.35. The first-order chi connectivity index (χ1) is 10.7. The van der Waals surface area contributed by atoms with Gasteiger partial charge >= 0.3 is 12.1 Å². The molecule has 2 N–H and O–H groups in total. The number of amides is 1. The van der Waals surface area contributed by atoms with Gasteiger partial charge in [-0.15, -0.1) is 0 Å². The van der Waals surface area contributed by atoms with Gasteiger partial charge in [-0.2, -0.15) is 0 Å². The summed E-state index contributed by atoms with van der Waals surface area (Å²) in [5.74, 6) is -1.00. The van der Waals surface area contributed by atoms with Crippen LogP contribution in [0.1, 0.15) is 38.8 Å². The number of carboxylic acids is 1. The number of benzene rings is 1. The SMILES string of the molecule is CC(C)(C)OC(=O)N[C@H](CC(=O)O)c1ccc2ncccc2c1. The number of ether oxygens (including phenoxy) is 1. The van der Waals surface area contributed by atoms with Crippen molar-refractivity contribution >= 4 is 23.0 Å². The van der Waals surface area contributed by atoms with Gasteiger partial charge < -0.3 is 15.2 Å². The van der Waals surface area contributed by atoms with Crippen molar-refractivity contribution in [1.82, 2.24) is 10.3 Å². The fourth-order valence-corrected chi connectivity index (χ4v) is 2.19. The number of nitrogens with one attached hydrogen (secondary N) is 1. The van der Waals surface area contributed by atoms with Gasteiger partial charge in [-0.1, -0.05) is 12.1 Å². The molecule has 0 bridgehead atoms. The zero-order valence-corrected chi connectivity index (χ0v) is 13.4. The number of hydrogen-bond acceptors (Lipinski definition) is 4. The maximum atomic E-state index is 11.9. The fraction of sp³-hybridized carbons (Fsp3) is 0.353. The summed E-state index contributed by atoms with van der Waals surface area (Å²) in [5, 5.41) is 12.6. The average molecular weight is 316 g/mol. The lowest BCUT2D eigenvalue weighted by molar-refractivity contribution is -0.137. The quantitative estimate of drug-likeness (QED) is 0.903. The molecule has 0 fully saturated rings. The molecule has 2 rings (SSSR count). The van der Waals surface area contributed by atoms with Gasteiger partial charge in [0.1, 0.15) is 5.60 Å². The highest BCUT2D eigenvalue weighted by atomic mass is 16.6. The minimum Gasteiger partial charge on any atom is -0.481 e. The summed E-state index contributed by atoms with van der Waals surface area (Å²) < 4.78 is 5.20. The van der Waals surface area contributed by atoms with Crippen molar-refractivity contribution < 1.29 is 19.4 Å². The van der Waals surface area contributed by atoms with Crippen molar-refractivity contribution in [2.45, 2.75) is 38.8 Å². The van der Waals surface area contributed by atoms with Gasteiger partial charge in [0.25, 0.3) is 0 Å². The molecule has 6 heteroatoms. The molecule has 1 aromatic carbocycles. The van der Waals surface area contributed by atoms with E-state index in [9.17, 15) is 9.59 Å². The minimum absolute atomic E-state index is 0.231. The van der Waals surface area contributed by atoms with Crippen LogP contribution >= 0.6 is 0 Å². The fourth-order valence-electron chi connectivity index (χ4n) is 2.19. The molecule has 6 nitrogen and oxygen atoms in total. The van der Waals surface area contributed by atoms with Crippen molar-refractivity contribution in [3.8, 4) is 0 Å². The summed E-state index contributed by atoms with van der Waals surface area (Å²) in [5.41, 5.74) is 0.854. The Kier molecular flexibility index (Phi) is 4.83. The summed E-state index contributed by atoms with van der Waals surface area (Å²) in [6.45, 7) is 5.25. The van der Waals surface area contributed by atoms with Gasteiger partial charge in [-0.25, -0.2) is 4.79 Å². The van der Waals surface area contributed by atoms with Gasteiger partial charge in [0, 0.05) is 11.6 Å². The van der Waals surface area contributed by atoms with Gasteiger partial charge in [-0.3, -0.25) is 9.78 Å². The molecule has 23 heavy (non-hydrogen) atoms. The number of aromatic nitrogens is 1. The highest BCUT2D eigenvalue weighted by molar-refractivity contribution is 5.80. The smallest absolute Gasteiger partial charge is 0.408 e. The number of nitrogens with zero attached hydrogens (tertiary/aromatic N) is 1. The van der Waals surface area contributed by atoms with E-state index in [0.717, 1.165) is 10.9 Å². The van der Waals surface area contributed by atoms with Crippen molar-refractivity contribution in [3.63, 3.8) is 0 Å². The Morgan fingerprint density at radius 2 is 2.04 bits per heavy atom. The Hall–Kier alpha value is -2.63. The zero-order valence-electron chi connectivity index (χ0n) is 13.4. The number of fused-ring (bicyclic) bond motifs is 1. The number of pyridine rings is 1. The number of hydrogen-bond donors (Lipinski definition) is 2. The minimum atomic E-state index is -1.00. The third kappa shape index (κ3) is 4.95. The van der Waals surface area contributed by atoms with Crippen LogP contribution in [0.3, 0.4) is 0 Å². The van der Waals surface area contributed by atoms with E-state index in [0.29, 0.717) is 5.56 Å². The number of alkyl carbamates (subject to hydrolysis) is 1. The second-order valence-electron chi connectivity index (χ2n) is 6.25. The molecular weight excluding hydrogens is 296 g/mol. The standard InChI is InChI=1S/C17H20N2O4/c1-17(2,3)23-16(22)19-14(10-15(20)21)12-6-7-13-11(9-12)5-4-8-18-13/h4-9,14H,10H2,1-3H3,(H,19,22)(H,20,21)/t14-/m1/s1. The normalized spacial score (nSPS) is 12.7. The molecule has 0 saturated carbocycles. The van der Waals surface area contributed by atoms with Crippen LogP contribution in [0, 0.1) is 0 Å². The third-order valence-electron chi connectivity index (χ3n) is 3.10. The van der Waals surface area contributed by atoms with E-state index in [2.05, 4.69) is 10.3 Å². The highest BCUT2D eigenvalue weighted by Crippen LogP contribution is 2.22. The number of carbonyl (C=O) groups excluding carboxylic acids is 1. The van der Waals surface area contributed by atoms with Gasteiger partial charge in [0.05, 0.1) is 18.0 Å². The molecule has 0 radical (unpaired) electrons. The molecule has 1 atom stereocenters. The second kappa shape index (κ2) is 6.64. The summed E-state index contributed by atoms with van der Waals surface area (Å²) in [6, 6.07) is 8.41. The van der Waals surface area contributed by atoms with Gasteiger partial charge in [-0.05, 0) is 44.5 Å². The van der Waals surface area contributed by atoms with E-state index in [1.807, 2.05) is 12.1 Å². The number of carboxylic acid groups (broad SMARTS) is 1. The molecule has 0 aliphatic carbocycles. The predicted molar refractivity (Wildman–Crippen MR) is 86.1 cm³/mol. The van der Waals surface area contributed by atoms with E-state index < -0.39 is 23.7 Å². The summed E-state index contributed by atoms with van der Waals surface area (Å²) in [4.78, 5) is 27.3.